The van der Waals surface area contributed by atoms with E-state index in [4.69, 9.17) is 0 Å². The Hall–Kier alpha value is -4.03. The van der Waals surface area contributed by atoms with Crippen molar-refractivity contribution in [1.82, 2.24) is 0 Å². The third kappa shape index (κ3) is 14.6. The van der Waals surface area contributed by atoms with Gasteiger partial charge in [0.1, 0.15) is 17.2 Å². The quantitative estimate of drug-likeness (QED) is 0.153. The number of aromatic hydroxyl groups is 3. The van der Waals surface area contributed by atoms with E-state index >= 15 is 0 Å². The summed E-state index contributed by atoms with van der Waals surface area (Å²) in [6, 6.07) is 36.2. The molecular formula is C53H67O4SY-3. The summed E-state index contributed by atoms with van der Waals surface area (Å²) in [5, 5.41) is 49.2. The maximum Gasteiger partial charge on any atom is 0.122 e. The second-order valence-electron chi connectivity index (χ2n) is 13.7. The first-order chi connectivity index (χ1) is 26.6. The SMILES string of the molecule is C.C.CC.CC.Cc1cc2c(O)c(c1)Cc1cc(Cc3ccccc3)cc(c1O)Cc1cc(C)cc(c1O)Cc1cc(Cc3ccccc3)cc(c1[O-])C2.[CH2-]SC.[CH3-].[Y]. The molecule has 1 aliphatic carbocycles. The molecule has 7 rings (SSSR count). The Kier molecular flexibility index (Phi) is 25.1. The molecule has 0 spiro atoms. The summed E-state index contributed by atoms with van der Waals surface area (Å²) in [7, 11) is 0. The number of fused-ring (bicyclic) bond motifs is 8. The van der Waals surface area contributed by atoms with Gasteiger partial charge in [-0.25, -0.2) is 0 Å². The van der Waals surface area contributed by atoms with Crippen LogP contribution in [-0.4, -0.2) is 21.6 Å². The summed E-state index contributed by atoms with van der Waals surface area (Å²) in [6.07, 6.45) is 7.85. The molecule has 3 N–H and O–H groups in total. The van der Waals surface area contributed by atoms with Crippen LogP contribution in [0, 0.1) is 27.5 Å². The van der Waals surface area contributed by atoms with E-state index in [9.17, 15) is 20.4 Å². The predicted octanol–water partition coefficient (Wildman–Crippen LogP) is 13.3. The van der Waals surface area contributed by atoms with Crippen LogP contribution >= 0.6 is 11.8 Å². The van der Waals surface area contributed by atoms with Crippen LogP contribution in [0.1, 0.15) is 120 Å². The molecule has 0 saturated heterocycles. The van der Waals surface area contributed by atoms with Crippen molar-refractivity contribution in [2.45, 2.75) is 94.9 Å². The van der Waals surface area contributed by atoms with Crippen LogP contribution in [0.2, 0.25) is 0 Å². The van der Waals surface area contributed by atoms with Crippen LogP contribution in [0.15, 0.2) is 109 Å². The first kappa shape index (κ1) is 55.0. The van der Waals surface area contributed by atoms with Gasteiger partial charge in [0.15, 0.2) is 0 Å². The zero-order valence-corrected chi connectivity index (χ0v) is 38.7. The fourth-order valence-corrected chi connectivity index (χ4v) is 7.29. The van der Waals surface area contributed by atoms with Gasteiger partial charge in [0.05, 0.1) is 0 Å². The minimum Gasteiger partial charge on any atom is -0.872 e. The van der Waals surface area contributed by atoms with Crippen molar-refractivity contribution < 1.29 is 53.1 Å². The van der Waals surface area contributed by atoms with E-state index in [1.807, 2.05) is 133 Å². The van der Waals surface area contributed by atoms with E-state index < -0.39 is 0 Å². The van der Waals surface area contributed by atoms with Gasteiger partial charge in [-0.3, -0.25) is 6.26 Å². The van der Waals surface area contributed by atoms with Gasteiger partial charge in [-0.05, 0) is 88.6 Å². The third-order valence-corrected chi connectivity index (χ3v) is 9.48. The molecule has 4 nitrogen and oxygen atoms in total. The second kappa shape index (κ2) is 26.9. The average Bonchev–Trinajstić information content (AvgIpc) is 3.18. The molecule has 6 heteroatoms. The van der Waals surface area contributed by atoms with E-state index in [1.54, 1.807) is 0 Å². The third-order valence-electron chi connectivity index (χ3n) is 9.48. The summed E-state index contributed by atoms with van der Waals surface area (Å²) in [4.78, 5) is 0. The summed E-state index contributed by atoms with van der Waals surface area (Å²) in [5.41, 5.74) is 11.7. The molecular weight excluding hydrogens is 822 g/mol. The van der Waals surface area contributed by atoms with Crippen molar-refractivity contribution >= 4 is 11.8 Å². The Labute approximate surface area is 387 Å². The van der Waals surface area contributed by atoms with Crippen molar-refractivity contribution in [2.24, 2.45) is 0 Å². The Morgan fingerprint density at radius 1 is 0.492 bits per heavy atom. The Bertz CT molecular complexity index is 1910. The van der Waals surface area contributed by atoms with Gasteiger partial charge in [-0.1, -0.05) is 174 Å². The summed E-state index contributed by atoms with van der Waals surface area (Å²) >= 11 is 1.50. The molecule has 0 aromatic heterocycles. The summed E-state index contributed by atoms with van der Waals surface area (Å²) < 4.78 is 0. The molecule has 0 fully saturated rings. The monoisotopic (exact) mass is 888 g/mol. The van der Waals surface area contributed by atoms with E-state index in [0.717, 1.165) is 33.4 Å². The Morgan fingerprint density at radius 3 is 1.02 bits per heavy atom. The molecule has 0 heterocycles. The van der Waals surface area contributed by atoms with Gasteiger partial charge in [0.2, 0.25) is 0 Å². The molecule has 1 aliphatic rings. The van der Waals surface area contributed by atoms with Crippen LogP contribution in [0.4, 0.5) is 0 Å². The Balaban J connectivity index is 0.00000289. The van der Waals surface area contributed by atoms with Crippen LogP contribution < -0.4 is 5.11 Å². The van der Waals surface area contributed by atoms with Crippen LogP contribution in [0.3, 0.4) is 0 Å². The normalized spacial score (nSPS) is 10.7. The van der Waals surface area contributed by atoms with E-state index in [0.29, 0.717) is 70.2 Å². The predicted molar refractivity (Wildman–Crippen MR) is 251 cm³/mol. The van der Waals surface area contributed by atoms with Crippen LogP contribution in [-0.2, 0) is 71.2 Å². The number of benzene rings is 6. The minimum atomic E-state index is -0.0720. The fourth-order valence-electron chi connectivity index (χ4n) is 7.29. The number of aryl methyl sites for hydroxylation is 2. The van der Waals surface area contributed by atoms with Crippen molar-refractivity contribution in [3.05, 3.63) is 201 Å². The van der Waals surface area contributed by atoms with Gasteiger partial charge >= 0.3 is 0 Å². The maximum absolute atomic E-state index is 14.1. The fraction of sp³-hybridized carbons (Fsp3) is 0.283. The van der Waals surface area contributed by atoms with Crippen molar-refractivity contribution in [2.75, 3.05) is 6.26 Å². The molecule has 6 aromatic rings. The molecule has 1 radical (unpaired) electrons. The number of hydrogen-bond acceptors (Lipinski definition) is 5. The van der Waals surface area contributed by atoms with Gasteiger partial charge < -0.3 is 39.6 Å². The number of phenols is 3. The van der Waals surface area contributed by atoms with E-state index in [2.05, 4.69) is 30.5 Å². The van der Waals surface area contributed by atoms with Gasteiger partial charge in [-0.2, -0.15) is 0 Å². The standard InChI is InChI=1S/C44H40O4.C2H5S.2C2H6.2CH4.CH3.Y/c1-27-13-33-23-37-19-31(17-29-9-5-3-6-10-29)21-39(43(37)47)25-35-15-28(2)16-36(42(35)46)26-40-22-32(18-30-11-7-4-8-12-30)20-38(44(40)48)24-34(14-27)41(33)45;1-3-2;2*1-2;;;;/h3-16,19-22,45-48H,17-18,23-26H2,1-2H3;1H2,2H3;2*1-2H3;2*1H4;1H3;/q;-1;;;;;-1;/p-1. The minimum absolute atomic E-state index is 0. The van der Waals surface area contributed by atoms with Crippen molar-refractivity contribution in [3.63, 3.8) is 0 Å². The number of thioether (sulfide) groups is 1. The molecule has 315 valence electrons. The smallest absolute Gasteiger partial charge is 0.122 e. The largest absolute Gasteiger partial charge is 0.872 e. The van der Waals surface area contributed by atoms with Crippen molar-refractivity contribution in [3.8, 4) is 23.0 Å². The van der Waals surface area contributed by atoms with E-state index in [-0.39, 0.29) is 90.8 Å². The van der Waals surface area contributed by atoms with Crippen LogP contribution in [0.5, 0.6) is 23.0 Å². The average molecular weight is 889 g/mol. The van der Waals surface area contributed by atoms with Gasteiger partial charge in [-0.15, -0.1) is 5.75 Å². The number of phenolic OH excluding ortho intramolecular Hbond substituents is 3. The van der Waals surface area contributed by atoms with Crippen molar-refractivity contribution in [1.29, 1.82) is 0 Å². The molecule has 59 heavy (non-hydrogen) atoms. The maximum atomic E-state index is 14.1. The number of rotatable bonds is 4. The molecule has 0 amide bonds. The molecule has 8 bridgehead atoms. The zero-order chi connectivity index (χ0) is 40.1. The van der Waals surface area contributed by atoms with E-state index in [1.165, 1.54) is 11.8 Å². The molecule has 6 aromatic carbocycles. The second-order valence-corrected chi connectivity index (χ2v) is 14.3. The number of hydrogen-bond donors (Lipinski definition) is 3. The van der Waals surface area contributed by atoms with Gasteiger partial charge in [0.25, 0.3) is 0 Å². The van der Waals surface area contributed by atoms with Crippen LogP contribution in [0.25, 0.3) is 0 Å². The zero-order valence-electron chi connectivity index (χ0n) is 35.1. The molecule has 0 saturated carbocycles. The molecule has 0 atom stereocenters. The first-order valence-electron chi connectivity index (χ1n) is 19.3. The molecule has 0 aliphatic heterocycles. The molecule has 0 unspecified atom stereocenters. The summed E-state index contributed by atoms with van der Waals surface area (Å²) in [5.74, 6) is 0.392. The van der Waals surface area contributed by atoms with Gasteiger partial charge in [0, 0.05) is 58.4 Å². The first-order valence-corrected chi connectivity index (χ1v) is 20.6. The summed E-state index contributed by atoms with van der Waals surface area (Å²) in [6.45, 7) is 12.0. The topological polar surface area (TPSA) is 83.8 Å². The Morgan fingerprint density at radius 2 is 0.729 bits per heavy atom.